The predicted molar refractivity (Wildman–Crippen MR) is 64.5 cm³/mol. The molecule has 3 atom stereocenters. The van der Waals surface area contributed by atoms with Crippen LogP contribution >= 0.6 is 0 Å². The Balaban J connectivity index is 1.87. The zero-order chi connectivity index (χ0) is 10.4. The van der Waals surface area contributed by atoms with Gasteiger partial charge in [-0.15, -0.1) is 0 Å². The lowest BCUT2D eigenvalue weighted by Crippen LogP contribution is -2.22. The van der Waals surface area contributed by atoms with Crippen LogP contribution in [0, 0.1) is 29.6 Å². The van der Waals surface area contributed by atoms with Gasteiger partial charge in [-0.25, -0.2) is 0 Å². The van der Waals surface area contributed by atoms with Crippen molar-refractivity contribution in [3.8, 4) is 0 Å². The van der Waals surface area contributed by atoms with E-state index >= 15 is 0 Å². The largest absolute Gasteiger partial charge is 0.0808 e. The van der Waals surface area contributed by atoms with Gasteiger partial charge in [0.25, 0.3) is 0 Å². The molecule has 2 fully saturated rings. The molecule has 0 heteroatoms. The van der Waals surface area contributed by atoms with Gasteiger partial charge in [-0.2, -0.15) is 0 Å². The molecule has 2 saturated carbocycles. The fourth-order valence-corrected chi connectivity index (χ4v) is 3.82. The molecular formula is C15H22. The van der Waals surface area contributed by atoms with Crippen LogP contribution in [0.5, 0.6) is 0 Å². The highest BCUT2D eigenvalue weighted by Crippen LogP contribution is 2.54. The molecule has 0 N–H and O–H groups in total. The van der Waals surface area contributed by atoms with Gasteiger partial charge in [-0.1, -0.05) is 37.6 Å². The normalized spacial score (nSPS) is 39.4. The standard InChI is InChI=1S/C15H22/c1-10(2)13-5-3-4-12-8-9-14(15(12)13)11-6-7-11/h3-5,10-12,14-15H,6-9H2,1-2H3. The second kappa shape index (κ2) is 3.50. The first-order valence-electron chi connectivity index (χ1n) is 6.65. The van der Waals surface area contributed by atoms with Crippen LogP contribution in [0.1, 0.15) is 39.5 Å². The first-order valence-corrected chi connectivity index (χ1v) is 6.65. The fraction of sp³-hybridized carbons (Fsp3) is 0.733. The number of hydrogen-bond donors (Lipinski definition) is 0. The van der Waals surface area contributed by atoms with Gasteiger partial charge < -0.3 is 0 Å². The van der Waals surface area contributed by atoms with Crippen molar-refractivity contribution in [1.82, 2.24) is 0 Å². The molecule has 0 aromatic carbocycles. The lowest BCUT2D eigenvalue weighted by molar-refractivity contribution is 0.337. The Kier molecular flexibility index (Phi) is 2.26. The molecular weight excluding hydrogens is 180 g/mol. The summed E-state index contributed by atoms with van der Waals surface area (Å²) in [4.78, 5) is 0. The number of hydrogen-bond acceptors (Lipinski definition) is 0. The van der Waals surface area contributed by atoms with Crippen molar-refractivity contribution < 1.29 is 0 Å². The van der Waals surface area contributed by atoms with E-state index in [0.29, 0.717) is 0 Å². The van der Waals surface area contributed by atoms with E-state index in [4.69, 9.17) is 0 Å². The molecule has 0 radical (unpaired) electrons. The van der Waals surface area contributed by atoms with Gasteiger partial charge in [0.1, 0.15) is 0 Å². The van der Waals surface area contributed by atoms with E-state index in [0.717, 1.165) is 29.6 Å². The van der Waals surface area contributed by atoms with Crippen molar-refractivity contribution in [2.45, 2.75) is 39.5 Å². The van der Waals surface area contributed by atoms with Crippen molar-refractivity contribution in [2.75, 3.05) is 0 Å². The molecule has 82 valence electrons. The first kappa shape index (κ1) is 9.69. The Labute approximate surface area is 93.5 Å². The van der Waals surface area contributed by atoms with Gasteiger partial charge in [0.05, 0.1) is 0 Å². The molecule has 0 saturated heterocycles. The Morgan fingerprint density at radius 2 is 1.93 bits per heavy atom. The van der Waals surface area contributed by atoms with E-state index in [1.165, 1.54) is 25.7 Å². The van der Waals surface area contributed by atoms with E-state index in [9.17, 15) is 0 Å². The van der Waals surface area contributed by atoms with Crippen molar-refractivity contribution in [2.24, 2.45) is 29.6 Å². The summed E-state index contributed by atoms with van der Waals surface area (Å²) in [5.41, 5.74) is 1.75. The molecule has 3 aliphatic carbocycles. The average molecular weight is 202 g/mol. The third-order valence-corrected chi connectivity index (χ3v) is 4.68. The SMILES string of the molecule is CC(C)C1=CC=CC2CCC(C3CC3)C12. The third kappa shape index (κ3) is 1.58. The Morgan fingerprint density at radius 1 is 1.13 bits per heavy atom. The molecule has 3 aliphatic rings. The van der Waals surface area contributed by atoms with Crippen molar-refractivity contribution in [3.63, 3.8) is 0 Å². The third-order valence-electron chi connectivity index (χ3n) is 4.68. The Morgan fingerprint density at radius 3 is 2.60 bits per heavy atom. The summed E-state index contributed by atoms with van der Waals surface area (Å²) in [6.45, 7) is 4.73. The van der Waals surface area contributed by atoms with Gasteiger partial charge in [-0.3, -0.25) is 0 Å². The monoisotopic (exact) mass is 202 g/mol. The molecule has 0 aliphatic heterocycles. The maximum Gasteiger partial charge on any atom is -0.0103 e. The maximum atomic E-state index is 2.47. The second-order valence-corrected chi connectivity index (χ2v) is 5.97. The van der Waals surface area contributed by atoms with E-state index in [2.05, 4.69) is 32.1 Å². The van der Waals surface area contributed by atoms with Gasteiger partial charge in [0.2, 0.25) is 0 Å². The van der Waals surface area contributed by atoms with E-state index in [-0.39, 0.29) is 0 Å². The zero-order valence-corrected chi connectivity index (χ0v) is 9.95. The quantitative estimate of drug-likeness (QED) is 0.630. The summed E-state index contributed by atoms with van der Waals surface area (Å²) in [6, 6.07) is 0. The summed E-state index contributed by atoms with van der Waals surface area (Å²) in [5.74, 6) is 4.68. The minimum absolute atomic E-state index is 0.752. The molecule has 0 amide bonds. The molecule has 0 heterocycles. The lowest BCUT2D eigenvalue weighted by Gasteiger charge is -2.30. The van der Waals surface area contributed by atoms with Crippen LogP contribution < -0.4 is 0 Å². The van der Waals surface area contributed by atoms with Crippen LogP contribution in [0.2, 0.25) is 0 Å². The lowest BCUT2D eigenvalue weighted by atomic mass is 9.74. The highest BCUT2D eigenvalue weighted by atomic mass is 14.5. The van der Waals surface area contributed by atoms with Crippen molar-refractivity contribution >= 4 is 0 Å². The smallest absolute Gasteiger partial charge is 0.0103 e. The number of fused-ring (bicyclic) bond motifs is 1. The molecule has 0 aromatic heterocycles. The highest BCUT2D eigenvalue weighted by molar-refractivity contribution is 5.27. The van der Waals surface area contributed by atoms with Gasteiger partial charge in [0.15, 0.2) is 0 Å². The Bertz CT molecular complexity index is 304. The molecule has 3 unspecified atom stereocenters. The predicted octanol–water partition coefficient (Wildman–Crippen LogP) is 4.19. The van der Waals surface area contributed by atoms with Gasteiger partial charge in [0, 0.05) is 0 Å². The van der Waals surface area contributed by atoms with E-state index in [1.54, 1.807) is 5.57 Å². The molecule has 0 bridgehead atoms. The number of allylic oxidation sites excluding steroid dienone is 4. The van der Waals surface area contributed by atoms with E-state index in [1.807, 2.05) is 0 Å². The fourth-order valence-electron chi connectivity index (χ4n) is 3.82. The van der Waals surface area contributed by atoms with Gasteiger partial charge >= 0.3 is 0 Å². The molecule has 15 heavy (non-hydrogen) atoms. The van der Waals surface area contributed by atoms with Gasteiger partial charge in [-0.05, 0) is 55.3 Å². The van der Waals surface area contributed by atoms with Crippen molar-refractivity contribution in [1.29, 1.82) is 0 Å². The van der Waals surface area contributed by atoms with Crippen LogP contribution in [0.3, 0.4) is 0 Å². The van der Waals surface area contributed by atoms with Crippen molar-refractivity contribution in [3.05, 3.63) is 23.8 Å². The zero-order valence-electron chi connectivity index (χ0n) is 9.95. The summed E-state index contributed by atoms with van der Waals surface area (Å²) < 4.78 is 0. The summed E-state index contributed by atoms with van der Waals surface area (Å²) >= 11 is 0. The second-order valence-electron chi connectivity index (χ2n) is 5.97. The minimum atomic E-state index is 0.752. The average Bonchev–Trinajstić information content (AvgIpc) is 2.97. The molecule has 3 rings (SSSR count). The molecule has 0 aromatic rings. The highest BCUT2D eigenvalue weighted by Gasteiger charge is 2.45. The van der Waals surface area contributed by atoms with Crippen LogP contribution in [0.15, 0.2) is 23.8 Å². The van der Waals surface area contributed by atoms with Crippen LogP contribution in [0.4, 0.5) is 0 Å². The summed E-state index contributed by atoms with van der Waals surface area (Å²) in [7, 11) is 0. The minimum Gasteiger partial charge on any atom is -0.0808 e. The number of rotatable bonds is 2. The van der Waals surface area contributed by atoms with Crippen LogP contribution in [0.25, 0.3) is 0 Å². The molecule has 0 spiro atoms. The summed E-state index contributed by atoms with van der Waals surface area (Å²) in [6.07, 6.45) is 13.2. The van der Waals surface area contributed by atoms with Crippen LogP contribution in [-0.4, -0.2) is 0 Å². The Hall–Kier alpha value is -0.520. The summed E-state index contributed by atoms with van der Waals surface area (Å²) in [5, 5.41) is 0. The topological polar surface area (TPSA) is 0 Å². The maximum absolute atomic E-state index is 2.47. The van der Waals surface area contributed by atoms with Crippen LogP contribution in [-0.2, 0) is 0 Å². The molecule has 0 nitrogen and oxygen atoms in total. The first-order chi connectivity index (χ1) is 7.27. The van der Waals surface area contributed by atoms with E-state index < -0.39 is 0 Å².